The molecule has 0 aromatic heterocycles. The summed E-state index contributed by atoms with van der Waals surface area (Å²) < 4.78 is 4.75. The number of methoxy groups -OCH3 is 1. The van der Waals surface area contributed by atoms with Crippen LogP contribution in [0, 0.1) is 0 Å². The largest absolute Gasteiger partial charge is 0.382 e. The average molecular weight is 222 g/mol. The van der Waals surface area contributed by atoms with Crippen LogP contribution in [-0.4, -0.2) is 13.2 Å². The van der Waals surface area contributed by atoms with Gasteiger partial charge in [0.05, 0.1) is 6.10 Å². The van der Waals surface area contributed by atoms with Crippen molar-refractivity contribution in [3.05, 3.63) is 35.9 Å². The van der Waals surface area contributed by atoms with Gasteiger partial charge in [-0.05, 0) is 31.2 Å². The number of hydrogen-bond donors (Lipinski definition) is 0. The fourth-order valence-corrected chi connectivity index (χ4v) is 1.09. The van der Waals surface area contributed by atoms with Crippen molar-refractivity contribution in [3.63, 3.8) is 0 Å². The summed E-state index contributed by atoms with van der Waals surface area (Å²) in [6.07, 6.45) is 1.58. The number of benzene rings is 1. The van der Waals surface area contributed by atoms with Gasteiger partial charge in [0.2, 0.25) is 0 Å². The lowest BCUT2D eigenvalue weighted by atomic mass is 9.82. The van der Waals surface area contributed by atoms with Crippen LogP contribution in [0.15, 0.2) is 30.3 Å². The fraction of sp³-hybridized carbons (Fsp3) is 0.600. The SMILES string of the molecule is CCC(C)(C)c1ccccc1.COC(C)C. The van der Waals surface area contributed by atoms with Crippen molar-refractivity contribution in [3.8, 4) is 0 Å². The van der Waals surface area contributed by atoms with Crippen LogP contribution in [0.3, 0.4) is 0 Å². The Hall–Kier alpha value is -0.820. The highest BCUT2D eigenvalue weighted by Gasteiger charge is 2.16. The van der Waals surface area contributed by atoms with E-state index in [0.717, 1.165) is 0 Å². The molecule has 0 radical (unpaired) electrons. The second-order valence-electron chi connectivity index (χ2n) is 4.89. The van der Waals surface area contributed by atoms with Gasteiger partial charge < -0.3 is 4.74 Å². The molecule has 1 rings (SSSR count). The van der Waals surface area contributed by atoms with Crippen molar-refractivity contribution < 1.29 is 4.74 Å². The van der Waals surface area contributed by atoms with E-state index in [0.29, 0.717) is 11.5 Å². The van der Waals surface area contributed by atoms with E-state index in [1.165, 1.54) is 12.0 Å². The molecule has 0 saturated carbocycles. The van der Waals surface area contributed by atoms with E-state index in [4.69, 9.17) is 4.74 Å². The van der Waals surface area contributed by atoms with E-state index >= 15 is 0 Å². The molecule has 0 spiro atoms. The summed E-state index contributed by atoms with van der Waals surface area (Å²) in [5, 5.41) is 0. The standard InChI is InChI=1S/C11H16.C4H10O/c1-4-11(2,3)10-8-6-5-7-9-10;1-4(2)5-3/h5-9H,4H2,1-3H3;4H,1-3H3. The minimum atomic E-state index is 0.335. The Kier molecular flexibility index (Phi) is 7.07. The predicted molar refractivity (Wildman–Crippen MR) is 71.9 cm³/mol. The van der Waals surface area contributed by atoms with Gasteiger partial charge in [-0.15, -0.1) is 0 Å². The first-order chi connectivity index (χ1) is 7.44. The van der Waals surface area contributed by atoms with Crippen LogP contribution in [0.2, 0.25) is 0 Å². The zero-order valence-corrected chi connectivity index (χ0v) is 11.6. The van der Waals surface area contributed by atoms with Crippen LogP contribution in [-0.2, 0) is 10.2 Å². The van der Waals surface area contributed by atoms with E-state index in [-0.39, 0.29) is 0 Å². The zero-order chi connectivity index (χ0) is 12.6. The molecular weight excluding hydrogens is 196 g/mol. The van der Waals surface area contributed by atoms with Crippen molar-refractivity contribution in [1.82, 2.24) is 0 Å². The summed E-state index contributed by atoms with van der Waals surface area (Å²) in [6.45, 7) is 10.8. The van der Waals surface area contributed by atoms with Crippen LogP contribution < -0.4 is 0 Å². The summed E-state index contributed by atoms with van der Waals surface area (Å²) in [4.78, 5) is 0. The molecule has 0 atom stereocenters. The number of hydrogen-bond acceptors (Lipinski definition) is 1. The minimum absolute atomic E-state index is 0.335. The Balaban J connectivity index is 0.000000385. The Morgan fingerprint density at radius 1 is 1.12 bits per heavy atom. The Bertz CT molecular complexity index is 262. The highest BCUT2D eigenvalue weighted by Crippen LogP contribution is 2.25. The first kappa shape index (κ1) is 15.2. The maximum Gasteiger partial charge on any atom is 0.0515 e. The lowest BCUT2D eigenvalue weighted by molar-refractivity contribution is 0.134. The second kappa shape index (κ2) is 7.45. The van der Waals surface area contributed by atoms with Gasteiger partial charge in [-0.2, -0.15) is 0 Å². The summed E-state index contributed by atoms with van der Waals surface area (Å²) in [6, 6.07) is 10.7. The monoisotopic (exact) mass is 222 g/mol. The van der Waals surface area contributed by atoms with Gasteiger partial charge in [0.25, 0.3) is 0 Å². The van der Waals surface area contributed by atoms with E-state index in [1.54, 1.807) is 7.11 Å². The maximum absolute atomic E-state index is 4.75. The molecule has 1 heteroatoms. The molecule has 0 unspecified atom stereocenters. The summed E-state index contributed by atoms with van der Waals surface area (Å²) in [5.74, 6) is 0. The molecule has 1 aromatic rings. The molecule has 0 amide bonds. The molecule has 16 heavy (non-hydrogen) atoms. The normalized spacial score (nSPS) is 10.9. The van der Waals surface area contributed by atoms with Crippen LogP contribution in [0.1, 0.15) is 46.6 Å². The van der Waals surface area contributed by atoms with Crippen molar-refractivity contribution in [2.24, 2.45) is 0 Å². The van der Waals surface area contributed by atoms with Gasteiger partial charge in [-0.3, -0.25) is 0 Å². The second-order valence-corrected chi connectivity index (χ2v) is 4.89. The molecule has 0 saturated heterocycles. The Labute approximate surface area is 101 Å². The topological polar surface area (TPSA) is 9.23 Å². The quantitative estimate of drug-likeness (QED) is 0.736. The van der Waals surface area contributed by atoms with Gasteiger partial charge in [0.15, 0.2) is 0 Å². The van der Waals surface area contributed by atoms with Crippen LogP contribution in [0.5, 0.6) is 0 Å². The van der Waals surface area contributed by atoms with Gasteiger partial charge in [0, 0.05) is 7.11 Å². The summed E-state index contributed by atoms with van der Waals surface area (Å²) >= 11 is 0. The van der Waals surface area contributed by atoms with E-state index in [9.17, 15) is 0 Å². The molecule has 92 valence electrons. The third-order valence-electron chi connectivity index (χ3n) is 2.91. The molecule has 1 nitrogen and oxygen atoms in total. The minimum Gasteiger partial charge on any atom is -0.382 e. The molecule has 0 bridgehead atoms. The molecule has 0 fully saturated rings. The smallest absolute Gasteiger partial charge is 0.0515 e. The van der Waals surface area contributed by atoms with Crippen LogP contribution in [0.4, 0.5) is 0 Å². The van der Waals surface area contributed by atoms with Crippen molar-refractivity contribution in [2.75, 3.05) is 7.11 Å². The third kappa shape index (κ3) is 5.92. The van der Waals surface area contributed by atoms with E-state index < -0.39 is 0 Å². The zero-order valence-electron chi connectivity index (χ0n) is 11.6. The molecule has 0 aliphatic carbocycles. The first-order valence-corrected chi connectivity index (χ1v) is 6.02. The summed E-state index contributed by atoms with van der Waals surface area (Å²) in [7, 11) is 1.70. The molecule has 0 aliphatic rings. The van der Waals surface area contributed by atoms with Crippen LogP contribution >= 0.6 is 0 Å². The van der Waals surface area contributed by atoms with E-state index in [2.05, 4.69) is 51.1 Å². The van der Waals surface area contributed by atoms with E-state index in [1.807, 2.05) is 13.8 Å². The van der Waals surface area contributed by atoms with Crippen molar-refractivity contribution >= 4 is 0 Å². The maximum atomic E-state index is 4.75. The van der Waals surface area contributed by atoms with Gasteiger partial charge in [-0.1, -0.05) is 51.1 Å². The van der Waals surface area contributed by atoms with Gasteiger partial charge >= 0.3 is 0 Å². The van der Waals surface area contributed by atoms with Crippen molar-refractivity contribution in [2.45, 2.75) is 52.6 Å². The highest BCUT2D eigenvalue weighted by molar-refractivity contribution is 5.22. The third-order valence-corrected chi connectivity index (χ3v) is 2.91. The lowest BCUT2D eigenvalue weighted by Gasteiger charge is -2.22. The molecule has 1 aromatic carbocycles. The molecule has 0 heterocycles. The molecular formula is C15H26O. The first-order valence-electron chi connectivity index (χ1n) is 6.02. The molecule has 0 aliphatic heterocycles. The Morgan fingerprint density at radius 3 is 1.88 bits per heavy atom. The fourth-order valence-electron chi connectivity index (χ4n) is 1.09. The lowest BCUT2D eigenvalue weighted by Crippen LogP contribution is -2.14. The average Bonchev–Trinajstić information content (AvgIpc) is 2.31. The number of ether oxygens (including phenoxy) is 1. The summed E-state index contributed by atoms with van der Waals surface area (Å²) in [5.41, 5.74) is 1.77. The van der Waals surface area contributed by atoms with Gasteiger partial charge in [0.1, 0.15) is 0 Å². The van der Waals surface area contributed by atoms with Crippen molar-refractivity contribution in [1.29, 1.82) is 0 Å². The highest BCUT2D eigenvalue weighted by atomic mass is 16.5. The molecule has 0 N–H and O–H groups in total. The Morgan fingerprint density at radius 2 is 1.56 bits per heavy atom. The van der Waals surface area contributed by atoms with Gasteiger partial charge in [-0.25, -0.2) is 0 Å². The number of rotatable bonds is 3. The van der Waals surface area contributed by atoms with Crippen LogP contribution in [0.25, 0.3) is 0 Å². The predicted octanol–water partition coefficient (Wildman–Crippen LogP) is 4.42.